The molecule has 2 N–H and O–H groups in total. The van der Waals surface area contributed by atoms with E-state index in [0.29, 0.717) is 5.95 Å². The molecule has 0 bridgehead atoms. The number of hydrogen-bond acceptors (Lipinski definition) is 5. The van der Waals surface area contributed by atoms with Gasteiger partial charge >= 0.3 is 0 Å². The summed E-state index contributed by atoms with van der Waals surface area (Å²) in [5.41, 5.74) is 0.243. The lowest BCUT2D eigenvalue weighted by atomic mass is 10.3. The normalized spacial score (nSPS) is 17.1. The van der Waals surface area contributed by atoms with E-state index in [-0.39, 0.29) is 5.54 Å². The van der Waals surface area contributed by atoms with Crippen molar-refractivity contribution < 1.29 is 0 Å². The van der Waals surface area contributed by atoms with Crippen LogP contribution in [-0.4, -0.2) is 22.1 Å². The summed E-state index contributed by atoms with van der Waals surface area (Å²) in [4.78, 5) is 10.1. The summed E-state index contributed by atoms with van der Waals surface area (Å²) in [6.45, 7) is 5.13. The minimum Gasteiger partial charge on any atom is -0.364 e. The van der Waals surface area contributed by atoms with Crippen molar-refractivity contribution in [2.75, 3.05) is 17.2 Å². The highest BCUT2D eigenvalue weighted by molar-refractivity contribution is 7.16. The Labute approximate surface area is 104 Å². The molecular weight excluding hydrogens is 232 g/mol. The first-order valence-electron chi connectivity index (χ1n) is 5.97. The second-order valence-electron chi connectivity index (χ2n) is 4.75. The average Bonchev–Trinajstić information content (AvgIpc) is 2.83. The Hall–Kier alpha value is -1.36. The first-order valence-corrected chi connectivity index (χ1v) is 6.85. The summed E-state index contributed by atoms with van der Waals surface area (Å²) in [6.07, 6.45) is 2.44. The third-order valence-corrected chi connectivity index (χ3v) is 3.89. The number of hydrogen-bond donors (Lipinski definition) is 2. The molecule has 90 valence electrons. The van der Waals surface area contributed by atoms with Crippen molar-refractivity contribution >= 4 is 33.3 Å². The summed E-state index contributed by atoms with van der Waals surface area (Å²) in [5, 5.41) is 9.91. The van der Waals surface area contributed by atoms with Crippen molar-refractivity contribution in [2.24, 2.45) is 0 Å². The highest BCUT2D eigenvalue weighted by Gasteiger charge is 2.37. The lowest BCUT2D eigenvalue weighted by Crippen LogP contribution is -2.17. The Kier molecular flexibility index (Phi) is 2.43. The molecule has 0 unspecified atom stereocenters. The first-order chi connectivity index (χ1) is 8.20. The van der Waals surface area contributed by atoms with Gasteiger partial charge in [-0.15, -0.1) is 11.3 Å². The highest BCUT2D eigenvalue weighted by atomic mass is 32.1. The van der Waals surface area contributed by atoms with Crippen LogP contribution in [0.15, 0.2) is 11.4 Å². The summed E-state index contributed by atoms with van der Waals surface area (Å²) >= 11 is 1.66. The number of anilines is 2. The van der Waals surface area contributed by atoms with Crippen molar-refractivity contribution in [2.45, 2.75) is 32.2 Å². The predicted octanol–water partition coefficient (Wildman–Crippen LogP) is 3.09. The maximum absolute atomic E-state index is 4.56. The number of fused-ring (bicyclic) bond motifs is 1. The molecule has 0 saturated heterocycles. The molecule has 0 atom stereocenters. The van der Waals surface area contributed by atoms with Crippen LogP contribution in [0.5, 0.6) is 0 Å². The van der Waals surface area contributed by atoms with Crippen LogP contribution >= 0.6 is 11.3 Å². The smallest absolute Gasteiger partial charge is 0.226 e. The number of nitrogens with one attached hydrogen (secondary N) is 2. The van der Waals surface area contributed by atoms with Crippen LogP contribution in [0.3, 0.4) is 0 Å². The zero-order valence-corrected chi connectivity index (χ0v) is 10.9. The monoisotopic (exact) mass is 248 g/mol. The summed E-state index contributed by atoms with van der Waals surface area (Å²) in [5.74, 6) is 1.68. The SMILES string of the molecule is CCNc1nc(NC2(C)CC2)c2ccsc2n1. The molecule has 5 heteroatoms. The molecule has 0 radical (unpaired) electrons. The topological polar surface area (TPSA) is 49.8 Å². The standard InChI is InChI=1S/C12H16N4S/c1-3-13-11-14-9(16-12(2)5-6-12)8-4-7-17-10(8)15-11/h4,7H,3,5-6H2,1-2H3,(H2,13,14,15,16). The van der Waals surface area contributed by atoms with Gasteiger partial charge in [0.1, 0.15) is 10.6 Å². The molecule has 17 heavy (non-hydrogen) atoms. The lowest BCUT2D eigenvalue weighted by molar-refractivity contribution is 0.822. The zero-order valence-electron chi connectivity index (χ0n) is 10.1. The van der Waals surface area contributed by atoms with Crippen molar-refractivity contribution in [3.8, 4) is 0 Å². The molecule has 1 fully saturated rings. The molecule has 1 saturated carbocycles. The van der Waals surface area contributed by atoms with Gasteiger partial charge in [-0.3, -0.25) is 0 Å². The quantitative estimate of drug-likeness (QED) is 0.873. The molecular formula is C12H16N4S. The number of rotatable bonds is 4. The van der Waals surface area contributed by atoms with Gasteiger partial charge in [0.05, 0.1) is 5.39 Å². The van der Waals surface area contributed by atoms with Gasteiger partial charge in [-0.1, -0.05) is 0 Å². The third-order valence-electron chi connectivity index (χ3n) is 3.08. The van der Waals surface area contributed by atoms with Gasteiger partial charge in [0.2, 0.25) is 5.95 Å². The fourth-order valence-corrected chi connectivity index (χ4v) is 2.55. The molecule has 1 aliphatic carbocycles. The zero-order chi connectivity index (χ0) is 11.9. The fourth-order valence-electron chi connectivity index (χ4n) is 1.79. The second kappa shape index (κ2) is 3.84. The Bertz CT molecular complexity index is 544. The van der Waals surface area contributed by atoms with E-state index in [1.54, 1.807) is 11.3 Å². The molecule has 1 aliphatic rings. The Morgan fingerprint density at radius 1 is 1.41 bits per heavy atom. The average molecular weight is 248 g/mol. The summed E-state index contributed by atoms with van der Waals surface area (Å²) in [6, 6.07) is 2.09. The first kappa shape index (κ1) is 10.8. The van der Waals surface area contributed by atoms with Gasteiger partial charge in [0.25, 0.3) is 0 Å². The van der Waals surface area contributed by atoms with Crippen molar-refractivity contribution in [3.05, 3.63) is 11.4 Å². The molecule has 0 aliphatic heterocycles. The fraction of sp³-hybridized carbons (Fsp3) is 0.500. The van der Waals surface area contributed by atoms with Crippen LogP contribution in [0.2, 0.25) is 0 Å². The van der Waals surface area contributed by atoms with Crippen molar-refractivity contribution in [1.29, 1.82) is 0 Å². The van der Waals surface area contributed by atoms with Gasteiger partial charge in [-0.2, -0.15) is 4.98 Å². The van der Waals surface area contributed by atoms with E-state index >= 15 is 0 Å². The maximum atomic E-state index is 4.56. The van der Waals surface area contributed by atoms with Gasteiger partial charge in [-0.05, 0) is 38.1 Å². The molecule has 2 heterocycles. The minimum atomic E-state index is 0.243. The molecule has 0 spiro atoms. The third kappa shape index (κ3) is 2.07. The van der Waals surface area contributed by atoms with Crippen LogP contribution < -0.4 is 10.6 Å². The van der Waals surface area contributed by atoms with Gasteiger partial charge in [0.15, 0.2) is 0 Å². The van der Waals surface area contributed by atoms with Crippen LogP contribution in [-0.2, 0) is 0 Å². The van der Waals surface area contributed by atoms with Crippen LogP contribution in [0.4, 0.5) is 11.8 Å². The summed E-state index contributed by atoms with van der Waals surface area (Å²) < 4.78 is 0. The lowest BCUT2D eigenvalue weighted by Gasteiger charge is -2.14. The van der Waals surface area contributed by atoms with E-state index in [0.717, 1.165) is 22.6 Å². The number of aromatic nitrogens is 2. The molecule has 4 nitrogen and oxygen atoms in total. The highest BCUT2D eigenvalue weighted by Crippen LogP contribution is 2.39. The van der Waals surface area contributed by atoms with Crippen molar-refractivity contribution in [1.82, 2.24) is 9.97 Å². The van der Waals surface area contributed by atoms with E-state index in [1.165, 1.54) is 12.8 Å². The van der Waals surface area contributed by atoms with Gasteiger partial charge in [-0.25, -0.2) is 4.98 Å². The molecule has 0 aromatic carbocycles. The molecule has 2 aromatic heterocycles. The van der Waals surface area contributed by atoms with Crippen LogP contribution in [0.1, 0.15) is 26.7 Å². The number of nitrogens with zero attached hydrogens (tertiary/aromatic N) is 2. The maximum Gasteiger partial charge on any atom is 0.226 e. The minimum absolute atomic E-state index is 0.243. The molecule has 3 rings (SSSR count). The number of thiophene rings is 1. The van der Waals surface area contributed by atoms with E-state index in [2.05, 4.69) is 45.9 Å². The second-order valence-corrected chi connectivity index (χ2v) is 5.65. The van der Waals surface area contributed by atoms with Gasteiger partial charge < -0.3 is 10.6 Å². The Morgan fingerprint density at radius 3 is 2.94 bits per heavy atom. The Balaban J connectivity index is 2.03. The van der Waals surface area contributed by atoms with Crippen LogP contribution in [0.25, 0.3) is 10.2 Å². The largest absolute Gasteiger partial charge is 0.364 e. The van der Waals surface area contributed by atoms with E-state index < -0.39 is 0 Å². The van der Waals surface area contributed by atoms with E-state index in [1.807, 2.05) is 0 Å². The molecule has 2 aromatic rings. The summed E-state index contributed by atoms with van der Waals surface area (Å²) in [7, 11) is 0. The van der Waals surface area contributed by atoms with Crippen molar-refractivity contribution in [3.63, 3.8) is 0 Å². The van der Waals surface area contributed by atoms with Gasteiger partial charge in [0, 0.05) is 12.1 Å². The Morgan fingerprint density at radius 2 is 2.24 bits per heavy atom. The molecule has 0 amide bonds. The van der Waals surface area contributed by atoms with Crippen LogP contribution in [0, 0.1) is 0 Å². The van der Waals surface area contributed by atoms with E-state index in [4.69, 9.17) is 0 Å². The van der Waals surface area contributed by atoms with E-state index in [9.17, 15) is 0 Å². The predicted molar refractivity (Wildman–Crippen MR) is 72.8 cm³/mol.